The molecule has 0 fully saturated rings. The third-order valence-electron chi connectivity index (χ3n) is 12.1. The molecule has 0 bridgehead atoms. The normalized spacial score (nSPS) is 13.2. The van der Waals surface area contributed by atoms with E-state index in [0.29, 0.717) is 23.2 Å². The largest absolute Gasteiger partial charge is 0.507 e. The van der Waals surface area contributed by atoms with Crippen LogP contribution in [0.2, 0.25) is 0 Å². The van der Waals surface area contributed by atoms with E-state index in [9.17, 15) is 15.3 Å². The molecule has 0 heterocycles. The highest BCUT2D eigenvalue weighted by Gasteiger charge is 2.30. The zero-order valence-corrected chi connectivity index (χ0v) is 39.7. The maximum absolute atomic E-state index is 11.6. The van der Waals surface area contributed by atoms with Gasteiger partial charge in [0.05, 0.1) is 0 Å². The first-order valence-electron chi connectivity index (χ1n) is 21.4. The average Bonchev–Trinajstić information content (AvgIpc) is 3.03. The van der Waals surface area contributed by atoms with Gasteiger partial charge in [0, 0.05) is 0 Å². The van der Waals surface area contributed by atoms with Crippen LogP contribution in [0, 0.1) is 26.7 Å². The smallest absolute Gasteiger partial charge is 0.123 e. The standard InChI is InChI=1S/C54H78O3/c1-31(2)21-38-22-35(26-42(47(38)55)50(6,7)8)23-39-32(3)40(24-36-27-43(51(9,10)11)48(56)44(28-36)52(12,13)14)34(5)41(33(39)4)25-37-29-45(53(15,16)17)49(57)46(30-37)54(18,19)20/h22,26-31,55-57H,21,23-25H2,1-20H3. The highest BCUT2D eigenvalue weighted by Crippen LogP contribution is 2.44. The molecule has 0 aliphatic carbocycles. The number of rotatable bonds is 8. The van der Waals surface area contributed by atoms with E-state index < -0.39 is 0 Å². The van der Waals surface area contributed by atoms with Crippen LogP contribution < -0.4 is 0 Å². The molecule has 4 aromatic rings. The lowest BCUT2D eigenvalue weighted by molar-refractivity contribution is 0.422. The Morgan fingerprint density at radius 3 is 0.842 bits per heavy atom. The number of phenols is 3. The molecule has 3 N–H and O–H groups in total. The van der Waals surface area contributed by atoms with Crippen molar-refractivity contribution in [2.75, 3.05) is 0 Å². The van der Waals surface area contributed by atoms with E-state index in [-0.39, 0.29) is 27.1 Å². The third kappa shape index (κ3) is 10.1. The zero-order valence-electron chi connectivity index (χ0n) is 39.7. The Balaban J connectivity index is 2.08. The number of aromatic hydroxyl groups is 3. The lowest BCUT2D eigenvalue weighted by atomic mass is 9.76. The predicted molar refractivity (Wildman–Crippen MR) is 245 cm³/mol. The molecule has 3 heteroatoms. The minimum Gasteiger partial charge on any atom is -0.507 e. The van der Waals surface area contributed by atoms with Gasteiger partial charge in [-0.05, 0) is 163 Å². The summed E-state index contributed by atoms with van der Waals surface area (Å²) < 4.78 is 0. The zero-order chi connectivity index (χ0) is 43.5. The average molecular weight is 775 g/mol. The molecule has 0 aliphatic rings. The summed E-state index contributed by atoms with van der Waals surface area (Å²) in [4.78, 5) is 0. The van der Waals surface area contributed by atoms with Crippen LogP contribution in [0.5, 0.6) is 17.2 Å². The Labute approximate surface area is 348 Å². The first-order chi connectivity index (χ1) is 25.7. The highest BCUT2D eigenvalue weighted by molar-refractivity contribution is 5.59. The molecule has 0 saturated carbocycles. The fourth-order valence-corrected chi connectivity index (χ4v) is 8.71. The van der Waals surface area contributed by atoms with Gasteiger partial charge in [-0.15, -0.1) is 0 Å². The van der Waals surface area contributed by atoms with Crippen molar-refractivity contribution in [3.63, 3.8) is 0 Å². The van der Waals surface area contributed by atoms with Crippen molar-refractivity contribution in [3.05, 3.63) is 120 Å². The van der Waals surface area contributed by atoms with Crippen LogP contribution in [0.1, 0.15) is 201 Å². The second-order valence-corrected chi connectivity index (χ2v) is 22.9. The van der Waals surface area contributed by atoms with E-state index in [2.05, 4.69) is 175 Å². The summed E-state index contributed by atoms with van der Waals surface area (Å²) in [5.41, 5.74) is 16.4. The molecule has 0 saturated heterocycles. The summed E-state index contributed by atoms with van der Waals surface area (Å²) in [5.74, 6) is 1.68. The van der Waals surface area contributed by atoms with Crippen LogP contribution in [0.15, 0.2) is 36.4 Å². The maximum Gasteiger partial charge on any atom is 0.123 e. The van der Waals surface area contributed by atoms with Crippen molar-refractivity contribution in [2.45, 2.75) is 191 Å². The molecule has 0 radical (unpaired) electrons. The van der Waals surface area contributed by atoms with Gasteiger partial charge in [-0.1, -0.05) is 154 Å². The van der Waals surface area contributed by atoms with Crippen molar-refractivity contribution < 1.29 is 15.3 Å². The lowest BCUT2D eigenvalue weighted by Gasteiger charge is -2.30. The van der Waals surface area contributed by atoms with Crippen molar-refractivity contribution in [3.8, 4) is 17.2 Å². The quantitative estimate of drug-likeness (QED) is 0.167. The van der Waals surface area contributed by atoms with Crippen LogP contribution >= 0.6 is 0 Å². The van der Waals surface area contributed by atoms with Crippen LogP contribution in [0.25, 0.3) is 0 Å². The van der Waals surface area contributed by atoms with E-state index in [1.165, 1.54) is 50.1 Å². The summed E-state index contributed by atoms with van der Waals surface area (Å²) in [6.45, 7) is 44.1. The van der Waals surface area contributed by atoms with E-state index >= 15 is 0 Å². The minimum atomic E-state index is -0.223. The summed E-state index contributed by atoms with van der Waals surface area (Å²) in [6.07, 6.45) is 3.09. The van der Waals surface area contributed by atoms with E-state index in [1.807, 2.05) is 0 Å². The van der Waals surface area contributed by atoms with Crippen LogP contribution in [0.4, 0.5) is 0 Å². The first-order valence-corrected chi connectivity index (χ1v) is 21.4. The number of benzene rings is 4. The summed E-state index contributed by atoms with van der Waals surface area (Å²) in [5, 5.41) is 34.8. The van der Waals surface area contributed by atoms with Crippen molar-refractivity contribution >= 4 is 0 Å². The summed E-state index contributed by atoms with van der Waals surface area (Å²) in [6, 6.07) is 13.4. The van der Waals surface area contributed by atoms with Crippen molar-refractivity contribution in [1.82, 2.24) is 0 Å². The minimum absolute atomic E-state index is 0.206. The van der Waals surface area contributed by atoms with Gasteiger partial charge in [0.2, 0.25) is 0 Å². The Kier molecular flexibility index (Phi) is 12.7. The molecule has 0 unspecified atom stereocenters. The molecule has 4 aromatic carbocycles. The van der Waals surface area contributed by atoms with Crippen molar-refractivity contribution in [1.29, 1.82) is 0 Å². The van der Waals surface area contributed by atoms with Gasteiger partial charge in [-0.25, -0.2) is 0 Å². The third-order valence-corrected chi connectivity index (χ3v) is 12.1. The van der Waals surface area contributed by atoms with Gasteiger partial charge >= 0.3 is 0 Å². The van der Waals surface area contributed by atoms with Gasteiger partial charge in [0.25, 0.3) is 0 Å². The molecule has 0 atom stereocenters. The van der Waals surface area contributed by atoms with E-state index in [4.69, 9.17) is 0 Å². The fourth-order valence-electron chi connectivity index (χ4n) is 8.71. The molecule has 57 heavy (non-hydrogen) atoms. The number of hydrogen-bond acceptors (Lipinski definition) is 3. The monoisotopic (exact) mass is 775 g/mol. The molecule has 3 nitrogen and oxygen atoms in total. The Morgan fingerprint density at radius 2 is 0.614 bits per heavy atom. The predicted octanol–water partition coefficient (Wildman–Crippen LogP) is 14.2. The maximum atomic E-state index is 11.6. The molecule has 0 amide bonds. The highest BCUT2D eigenvalue weighted by atomic mass is 16.3. The molecule has 4 rings (SSSR count). The fraction of sp³-hybridized carbons (Fsp3) is 0.556. The molecule has 0 aliphatic heterocycles. The van der Waals surface area contributed by atoms with E-state index in [1.54, 1.807) is 0 Å². The van der Waals surface area contributed by atoms with Gasteiger partial charge in [0.15, 0.2) is 0 Å². The van der Waals surface area contributed by atoms with E-state index in [0.717, 1.165) is 59.1 Å². The van der Waals surface area contributed by atoms with Gasteiger partial charge in [-0.2, -0.15) is 0 Å². The number of hydrogen-bond donors (Lipinski definition) is 3. The molecular formula is C54H78O3. The molecule has 312 valence electrons. The van der Waals surface area contributed by atoms with Crippen LogP contribution in [0.3, 0.4) is 0 Å². The summed E-state index contributed by atoms with van der Waals surface area (Å²) in [7, 11) is 0. The molecule has 0 spiro atoms. The van der Waals surface area contributed by atoms with Gasteiger partial charge in [-0.3, -0.25) is 0 Å². The van der Waals surface area contributed by atoms with Crippen LogP contribution in [-0.2, 0) is 52.8 Å². The Bertz CT molecular complexity index is 1940. The molecular weight excluding hydrogens is 697 g/mol. The second-order valence-electron chi connectivity index (χ2n) is 22.9. The lowest BCUT2D eigenvalue weighted by Crippen LogP contribution is -2.18. The topological polar surface area (TPSA) is 60.7 Å². The second kappa shape index (κ2) is 15.8. The van der Waals surface area contributed by atoms with Gasteiger partial charge < -0.3 is 15.3 Å². The summed E-state index contributed by atoms with van der Waals surface area (Å²) >= 11 is 0. The van der Waals surface area contributed by atoms with Crippen molar-refractivity contribution in [2.24, 2.45) is 5.92 Å². The molecule has 0 aromatic heterocycles. The Hall–Kier alpha value is -3.72. The Morgan fingerprint density at radius 1 is 0.386 bits per heavy atom. The number of phenolic OH excluding ortho intramolecular Hbond substituents is 3. The van der Waals surface area contributed by atoms with Crippen LogP contribution in [-0.4, -0.2) is 15.3 Å². The SMILES string of the molecule is Cc1c(Cc2cc(CC(C)C)c(O)c(C(C)(C)C)c2)c(C)c(Cc2cc(C(C)(C)C)c(O)c(C(C)(C)C)c2)c(C)c1Cc1cc(C(C)(C)C)c(O)c(C(C)(C)C)c1. The van der Waals surface area contributed by atoms with Gasteiger partial charge in [0.1, 0.15) is 17.2 Å². The first kappa shape index (κ1) is 46.0.